The zero-order valence-corrected chi connectivity index (χ0v) is 19.6. The van der Waals surface area contributed by atoms with Crippen LogP contribution in [0.5, 0.6) is 5.75 Å². The van der Waals surface area contributed by atoms with E-state index < -0.39 is 22.1 Å². The first-order valence-corrected chi connectivity index (χ1v) is 12.5. The highest BCUT2D eigenvalue weighted by Gasteiger charge is 2.31. The van der Waals surface area contributed by atoms with Gasteiger partial charge in [0.2, 0.25) is 10.0 Å². The number of fused-ring (bicyclic) bond motifs is 2. The van der Waals surface area contributed by atoms with Gasteiger partial charge in [-0.3, -0.25) is 0 Å². The number of ether oxygens (including phenoxy) is 1. The molecule has 0 unspecified atom stereocenters. The molecule has 0 spiro atoms. The molecule has 1 heterocycles. The van der Waals surface area contributed by atoms with Gasteiger partial charge in [0.15, 0.2) is 0 Å². The van der Waals surface area contributed by atoms with Gasteiger partial charge >= 0.3 is 6.36 Å². The number of aryl methyl sites for hydroxylation is 2. The summed E-state index contributed by atoms with van der Waals surface area (Å²) in [5.41, 5.74) is 4.29. The van der Waals surface area contributed by atoms with Crippen molar-refractivity contribution in [3.8, 4) is 5.75 Å². The Labute approximate surface area is 201 Å². The Bertz CT molecular complexity index is 1270. The second kappa shape index (κ2) is 9.85. The van der Waals surface area contributed by atoms with Crippen LogP contribution in [0.15, 0.2) is 71.6 Å². The van der Waals surface area contributed by atoms with Gasteiger partial charge in [-0.25, -0.2) is 13.1 Å². The molecule has 0 aliphatic carbocycles. The summed E-state index contributed by atoms with van der Waals surface area (Å²) in [6.07, 6.45) is -2.63. The van der Waals surface area contributed by atoms with Gasteiger partial charge < -0.3 is 9.64 Å². The molecule has 0 bridgehead atoms. The van der Waals surface area contributed by atoms with E-state index in [9.17, 15) is 21.6 Å². The maximum absolute atomic E-state index is 12.6. The zero-order chi connectivity index (χ0) is 24.3. The van der Waals surface area contributed by atoms with Gasteiger partial charge in [0.05, 0.1) is 15.6 Å². The lowest BCUT2D eigenvalue weighted by Gasteiger charge is -2.28. The Morgan fingerprint density at radius 2 is 1.62 bits per heavy atom. The predicted octanol–water partition coefficient (Wildman–Crippen LogP) is 5.84. The summed E-state index contributed by atoms with van der Waals surface area (Å²) in [6.45, 7) is 0.663. The van der Waals surface area contributed by atoms with E-state index >= 15 is 0 Å². The second-order valence-corrected chi connectivity index (χ2v) is 9.97. The summed E-state index contributed by atoms with van der Waals surface area (Å²) in [6, 6.07) is 18.0. The number of rotatable bonds is 7. The summed E-state index contributed by atoms with van der Waals surface area (Å²) in [5, 5.41) is 0.635. The topological polar surface area (TPSA) is 58.6 Å². The molecule has 1 aliphatic heterocycles. The molecule has 3 aromatic carbocycles. The Morgan fingerprint density at radius 3 is 2.35 bits per heavy atom. The van der Waals surface area contributed by atoms with E-state index in [0.29, 0.717) is 18.0 Å². The number of nitrogens with zero attached hydrogens (tertiary/aromatic N) is 1. The molecule has 1 N–H and O–H groups in total. The molecule has 1 aliphatic rings. The maximum Gasteiger partial charge on any atom is 0.573 e. The van der Waals surface area contributed by atoms with E-state index in [-0.39, 0.29) is 11.4 Å². The summed E-state index contributed by atoms with van der Waals surface area (Å²) in [4.78, 5) is 1.98. The minimum atomic E-state index is -4.84. The number of sulfonamides is 1. The van der Waals surface area contributed by atoms with E-state index in [1.165, 1.54) is 5.56 Å². The standard InChI is InChI=1S/C24H22ClF3N2O3S/c25-21-7-3-6-18-10-9-17-5-1-2-8-22(17)30(23(18)21)16-4-15-29-34(31,32)20-13-11-19(12-14-20)33-24(26,27)28/h1-3,5-8,11-14,29H,4,9-10,15-16H2. The Balaban J connectivity index is 1.45. The lowest BCUT2D eigenvalue weighted by Crippen LogP contribution is -2.28. The normalized spacial score (nSPS) is 13.7. The van der Waals surface area contributed by atoms with E-state index in [4.69, 9.17) is 11.6 Å². The third kappa shape index (κ3) is 5.65. The molecule has 0 amide bonds. The van der Waals surface area contributed by atoms with Crippen molar-refractivity contribution in [2.45, 2.75) is 30.5 Å². The predicted molar refractivity (Wildman–Crippen MR) is 125 cm³/mol. The summed E-state index contributed by atoms with van der Waals surface area (Å²) >= 11 is 6.56. The van der Waals surface area contributed by atoms with Gasteiger partial charge in [-0.2, -0.15) is 0 Å². The first-order valence-electron chi connectivity index (χ1n) is 10.6. The highest BCUT2D eigenvalue weighted by Crippen LogP contribution is 2.40. The Morgan fingerprint density at radius 1 is 0.941 bits per heavy atom. The largest absolute Gasteiger partial charge is 0.573 e. The first kappa shape index (κ1) is 24.4. The average Bonchev–Trinajstić information content (AvgIpc) is 2.94. The quantitative estimate of drug-likeness (QED) is 0.405. The molecular formula is C24H22ClF3N2O3S. The number of halogens is 4. The van der Waals surface area contributed by atoms with Crippen LogP contribution in [0.4, 0.5) is 24.5 Å². The molecule has 180 valence electrons. The average molecular weight is 511 g/mol. The van der Waals surface area contributed by atoms with Gasteiger partial charge in [-0.1, -0.05) is 41.9 Å². The third-order valence-electron chi connectivity index (χ3n) is 5.50. The lowest BCUT2D eigenvalue weighted by molar-refractivity contribution is -0.274. The van der Waals surface area contributed by atoms with E-state index in [2.05, 4.69) is 26.5 Å². The van der Waals surface area contributed by atoms with Crippen LogP contribution in [0.25, 0.3) is 0 Å². The van der Waals surface area contributed by atoms with Crippen LogP contribution in [0.2, 0.25) is 5.02 Å². The first-order chi connectivity index (χ1) is 16.1. The zero-order valence-electron chi connectivity index (χ0n) is 18.0. The van der Waals surface area contributed by atoms with Crippen LogP contribution < -0.4 is 14.4 Å². The monoisotopic (exact) mass is 510 g/mol. The number of benzene rings is 3. The van der Waals surface area contributed by atoms with Crippen molar-refractivity contribution in [1.29, 1.82) is 0 Å². The molecule has 5 nitrogen and oxygen atoms in total. The molecule has 0 saturated carbocycles. The van der Waals surface area contributed by atoms with Crippen molar-refractivity contribution in [3.63, 3.8) is 0 Å². The van der Waals surface area contributed by atoms with Gasteiger partial charge in [-0.05, 0) is 66.8 Å². The maximum atomic E-state index is 12.6. The smallest absolute Gasteiger partial charge is 0.406 e. The fourth-order valence-electron chi connectivity index (χ4n) is 4.02. The van der Waals surface area contributed by atoms with E-state index in [1.807, 2.05) is 30.3 Å². The van der Waals surface area contributed by atoms with Crippen molar-refractivity contribution in [2.75, 3.05) is 18.0 Å². The number of anilines is 2. The van der Waals surface area contributed by atoms with Crippen LogP contribution in [-0.2, 0) is 22.9 Å². The molecular weight excluding hydrogens is 489 g/mol. The molecule has 34 heavy (non-hydrogen) atoms. The molecule has 0 atom stereocenters. The van der Waals surface area contributed by atoms with Gasteiger partial charge in [-0.15, -0.1) is 13.2 Å². The van der Waals surface area contributed by atoms with Crippen LogP contribution in [0, 0.1) is 0 Å². The molecule has 0 aromatic heterocycles. The fourth-order valence-corrected chi connectivity index (χ4v) is 5.39. The summed E-state index contributed by atoms with van der Waals surface area (Å²) in [7, 11) is -3.89. The van der Waals surface area contributed by atoms with Crippen molar-refractivity contribution in [1.82, 2.24) is 4.72 Å². The number of nitrogens with one attached hydrogen (secondary N) is 1. The summed E-state index contributed by atoms with van der Waals surface area (Å²) in [5.74, 6) is -0.484. The molecule has 4 rings (SSSR count). The van der Waals surface area contributed by atoms with Crippen LogP contribution in [0.3, 0.4) is 0 Å². The van der Waals surface area contributed by atoms with Crippen molar-refractivity contribution in [2.24, 2.45) is 0 Å². The summed E-state index contributed by atoms with van der Waals surface area (Å²) < 4.78 is 68.4. The SMILES string of the molecule is O=S(=O)(NCCCN1c2ccccc2CCc2cccc(Cl)c21)c1ccc(OC(F)(F)F)cc1. The molecule has 0 radical (unpaired) electrons. The molecule has 10 heteroatoms. The van der Waals surface area contributed by atoms with Gasteiger partial charge in [0, 0.05) is 18.8 Å². The number of para-hydroxylation sites is 2. The highest BCUT2D eigenvalue weighted by molar-refractivity contribution is 7.89. The number of hydrogen-bond donors (Lipinski definition) is 1. The number of alkyl halides is 3. The second-order valence-electron chi connectivity index (χ2n) is 7.80. The highest BCUT2D eigenvalue weighted by atomic mass is 35.5. The van der Waals surface area contributed by atoms with Crippen molar-refractivity contribution in [3.05, 3.63) is 82.9 Å². The lowest BCUT2D eigenvalue weighted by atomic mass is 10.0. The van der Waals surface area contributed by atoms with E-state index in [0.717, 1.165) is 54.0 Å². The van der Waals surface area contributed by atoms with Crippen LogP contribution >= 0.6 is 11.6 Å². The molecule has 0 fully saturated rings. The fraction of sp³-hybridized carbons (Fsp3) is 0.250. The van der Waals surface area contributed by atoms with Crippen LogP contribution in [-0.4, -0.2) is 27.9 Å². The van der Waals surface area contributed by atoms with Crippen molar-refractivity contribution >= 4 is 33.0 Å². The third-order valence-corrected chi connectivity index (χ3v) is 7.29. The van der Waals surface area contributed by atoms with E-state index in [1.54, 1.807) is 0 Å². The van der Waals surface area contributed by atoms with Gasteiger partial charge in [0.1, 0.15) is 5.75 Å². The number of hydrogen-bond acceptors (Lipinski definition) is 4. The minimum Gasteiger partial charge on any atom is -0.406 e. The molecule has 3 aromatic rings. The van der Waals surface area contributed by atoms with Gasteiger partial charge in [0.25, 0.3) is 0 Å². The Kier molecular flexibility index (Phi) is 7.06. The van der Waals surface area contributed by atoms with Crippen LogP contribution in [0.1, 0.15) is 17.5 Å². The van der Waals surface area contributed by atoms with Crippen molar-refractivity contribution < 1.29 is 26.3 Å². The minimum absolute atomic E-state index is 0.140. The molecule has 0 saturated heterocycles. The Hall–Kier alpha value is -2.75.